The third-order valence-electron chi connectivity index (χ3n) is 1.95. The Balaban J connectivity index is 2.00. The first-order valence-corrected chi connectivity index (χ1v) is 4.29. The quantitative estimate of drug-likeness (QED) is 0.468. The number of aliphatic imine (C=N–C) groups is 1. The van der Waals surface area contributed by atoms with Crippen molar-refractivity contribution in [3.8, 4) is 0 Å². The number of hydrogen-bond acceptors (Lipinski definition) is 3. The number of nitrogens with zero attached hydrogens (tertiary/aromatic N) is 2. The topological polar surface area (TPSA) is 27.6 Å². The second-order valence-corrected chi connectivity index (χ2v) is 2.93. The minimum Gasteiger partial charge on any atom is -0.304 e. The monoisotopic (exact) mass is 155 g/mol. The van der Waals surface area contributed by atoms with Crippen LogP contribution in [0.1, 0.15) is 12.8 Å². The van der Waals surface area contributed by atoms with Gasteiger partial charge >= 0.3 is 0 Å². The van der Waals surface area contributed by atoms with Gasteiger partial charge in [0.15, 0.2) is 0 Å². The van der Waals surface area contributed by atoms with E-state index in [2.05, 4.69) is 21.9 Å². The fourth-order valence-electron chi connectivity index (χ4n) is 1.34. The lowest BCUT2D eigenvalue weighted by Gasteiger charge is -2.26. The van der Waals surface area contributed by atoms with Crippen molar-refractivity contribution in [1.29, 1.82) is 0 Å². The Morgan fingerprint density at radius 3 is 3.09 bits per heavy atom. The molecule has 3 heteroatoms. The second kappa shape index (κ2) is 5.27. The van der Waals surface area contributed by atoms with Crippen LogP contribution in [0.15, 0.2) is 4.99 Å². The molecule has 1 N–H and O–H groups in total. The van der Waals surface area contributed by atoms with Gasteiger partial charge in [-0.05, 0) is 26.1 Å². The molecule has 3 nitrogen and oxygen atoms in total. The molecule has 0 aromatic carbocycles. The van der Waals surface area contributed by atoms with E-state index >= 15 is 0 Å². The molecule has 1 rings (SSSR count). The Morgan fingerprint density at radius 1 is 1.55 bits per heavy atom. The molecule has 0 unspecified atom stereocenters. The predicted molar refractivity (Wildman–Crippen MR) is 48.1 cm³/mol. The molecule has 1 saturated heterocycles. The molecular weight excluding hydrogens is 138 g/mol. The zero-order valence-electron chi connectivity index (χ0n) is 7.05. The first-order chi connectivity index (χ1) is 5.43. The maximum atomic E-state index is 3.82. The lowest BCUT2D eigenvalue weighted by molar-refractivity contribution is 0.215. The Labute approximate surface area is 68.5 Å². The summed E-state index contributed by atoms with van der Waals surface area (Å²) < 4.78 is 0. The van der Waals surface area contributed by atoms with Crippen molar-refractivity contribution in [1.82, 2.24) is 10.2 Å². The molecule has 11 heavy (non-hydrogen) atoms. The van der Waals surface area contributed by atoms with Crippen molar-refractivity contribution in [3.63, 3.8) is 0 Å². The Kier molecular flexibility index (Phi) is 4.16. The summed E-state index contributed by atoms with van der Waals surface area (Å²) in [5.41, 5.74) is 0. The van der Waals surface area contributed by atoms with Crippen molar-refractivity contribution >= 4 is 6.72 Å². The van der Waals surface area contributed by atoms with Crippen molar-refractivity contribution in [3.05, 3.63) is 0 Å². The Morgan fingerprint density at radius 2 is 2.45 bits per heavy atom. The molecule has 0 atom stereocenters. The molecule has 1 aliphatic rings. The summed E-state index contributed by atoms with van der Waals surface area (Å²) in [6.45, 7) is 8.99. The molecule has 0 amide bonds. The third kappa shape index (κ3) is 3.49. The van der Waals surface area contributed by atoms with Crippen LogP contribution >= 0.6 is 0 Å². The van der Waals surface area contributed by atoms with Gasteiger partial charge in [-0.1, -0.05) is 0 Å². The molecule has 0 saturated carbocycles. The number of rotatable bonds is 4. The van der Waals surface area contributed by atoms with E-state index in [0.717, 1.165) is 26.2 Å². The van der Waals surface area contributed by atoms with Gasteiger partial charge in [-0.25, -0.2) is 0 Å². The van der Waals surface area contributed by atoms with Gasteiger partial charge in [0.05, 0.1) is 0 Å². The zero-order valence-corrected chi connectivity index (χ0v) is 7.05. The van der Waals surface area contributed by atoms with Crippen LogP contribution in [0.25, 0.3) is 0 Å². The van der Waals surface area contributed by atoms with Crippen LogP contribution in [-0.2, 0) is 0 Å². The highest BCUT2D eigenvalue weighted by atomic mass is 15.2. The molecule has 0 bridgehead atoms. The fourth-order valence-corrected chi connectivity index (χ4v) is 1.34. The minimum atomic E-state index is 0.899. The maximum Gasteiger partial charge on any atom is 0.0480 e. The molecule has 1 heterocycles. The highest BCUT2D eigenvalue weighted by molar-refractivity contribution is 5.22. The standard InChI is InChI=1S/C8H17N3/c1-9-4-2-6-11-7-3-5-10-8-11/h10H,1-8H2. The lowest BCUT2D eigenvalue weighted by atomic mass is 10.3. The van der Waals surface area contributed by atoms with Crippen LogP contribution < -0.4 is 5.32 Å². The SMILES string of the molecule is C=NCCCN1CCCNC1. The van der Waals surface area contributed by atoms with E-state index < -0.39 is 0 Å². The van der Waals surface area contributed by atoms with Gasteiger partial charge in [0, 0.05) is 26.3 Å². The molecule has 0 spiro atoms. The van der Waals surface area contributed by atoms with Crippen molar-refractivity contribution in [2.75, 3.05) is 32.8 Å². The fraction of sp³-hybridized carbons (Fsp3) is 0.875. The summed E-state index contributed by atoms with van der Waals surface area (Å²) in [6.07, 6.45) is 2.42. The molecule has 0 aliphatic carbocycles. The first-order valence-electron chi connectivity index (χ1n) is 4.29. The van der Waals surface area contributed by atoms with Crippen LogP contribution in [0.5, 0.6) is 0 Å². The van der Waals surface area contributed by atoms with Crippen molar-refractivity contribution in [2.24, 2.45) is 4.99 Å². The van der Waals surface area contributed by atoms with Crippen LogP contribution in [-0.4, -0.2) is 44.5 Å². The number of nitrogens with one attached hydrogen (secondary N) is 1. The van der Waals surface area contributed by atoms with Crippen LogP contribution in [0.4, 0.5) is 0 Å². The number of hydrogen-bond donors (Lipinski definition) is 1. The van der Waals surface area contributed by atoms with Gasteiger partial charge < -0.3 is 10.3 Å². The van der Waals surface area contributed by atoms with Gasteiger partial charge in [0.2, 0.25) is 0 Å². The zero-order chi connectivity index (χ0) is 7.94. The lowest BCUT2D eigenvalue weighted by Crippen LogP contribution is -2.42. The molecular formula is C8H17N3. The molecule has 0 aromatic heterocycles. The summed E-state index contributed by atoms with van der Waals surface area (Å²) in [4.78, 5) is 6.25. The van der Waals surface area contributed by atoms with Crippen molar-refractivity contribution < 1.29 is 0 Å². The highest BCUT2D eigenvalue weighted by Crippen LogP contribution is 1.96. The summed E-state index contributed by atoms with van der Waals surface area (Å²) in [7, 11) is 0. The van der Waals surface area contributed by atoms with Gasteiger partial charge in [0.1, 0.15) is 0 Å². The van der Waals surface area contributed by atoms with E-state index in [9.17, 15) is 0 Å². The minimum absolute atomic E-state index is 0.899. The van der Waals surface area contributed by atoms with Gasteiger partial charge in [-0.15, -0.1) is 0 Å². The molecule has 1 aliphatic heterocycles. The summed E-state index contributed by atoms with van der Waals surface area (Å²) in [5, 5.41) is 3.34. The van der Waals surface area contributed by atoms with Crippen LogP contribution in [0, 0.1) is 0 Å². The molecule has 0 radical (unpaired) electrons. The van der Waals surface area contributed by atoms with Gasteiger partial charge in [-0.3, -0.25) is 4.90 Å². The maximum absolute atomic E-state index is 3.82. The third-order valence-corrected chi connectivity index (χ3v) is 1.95. The highest BCUT2D eigenvalue weighted by Gasteiger charge is 2.07. The van der Waals surface area contributed by atoms with E-state index in [1.165, 1.54) is 19.5 Å². The summed E-state index contributed by atoms with van der Waals surface area (Å²) in [5.74, 6) is 0. The normalized spacial score (nSPS) is 20.0. The largest absolute Gasteiger partial charge is 0.304 e. The first kappa shape index (κ1) is 8.68. The van der Waals surface area contributed by atoms with E-state index in [-0.39, 0.29) is 0 Å². The van der Waals surface area contributed by atoms with Crippen LogP contribution in [0.3, 0.4) is 0 Å². The van der Waals surface area contributed by atoms with E-state index in [0.29, 0.717) is 0 Å². The molecule has 1 fully saturated rings. The molecule has 0 aromatic rings. The van der Waals surface area contributed by atoms with Crippen molar-refractivity contribution in [2.45, 2.75) is 12.8 Å². The van der Waals surface area contributed by atoms with Gasteiger partial charge in [-0.2, -0.15) is 0 Å². The Bertz CT molecular complexity index is 108. The average molecular weight is 155 g/mol. The van der Waals surface area contributed by atoms with E-state index in [1.807, 2.05) is 0 Å². The van der Waals surface area contributed by atoms with E-state index in [1.54, 1.807) is 0 Å². The van der Waals surface area contributed by atoms with E-state index in [4.69, 9.17) is 0 Å². The second-order valence-electron chi connectivity index (χ2n) is 2.93. The Hall–Kier alpha value is -0.410. The predicted octanol–water partition coefficient (Wildman–Crippen LogP) is 0.330. The summed E-state index contributed by atoms with van der Waals surface area (Å²) >= 11 is 0. The summed E-state index contributed by atoms with van der Waals surface area (Å²) in [6, 6.07) is 0. The van der Waals surface area contributed by atoms with Crippen LogP contribution in [0.2, 0.25) is 0 Å². The van der Waals surface area contributed by atoms with Gasteiger partial charge in [0.25, 0.3) is 0 Å². The average Bonchev–Trinajstić information content (AvgIpc) is 2.07. The smallest absolute Gasteiger partial charge is 0.0480 e. The molecule has 64 valence electrons.